The van der Waals surface area contributed by atoms with E-state index in [1.807, 2.05) is 0 Å². The van der Waals surface area contributed by atoms with Crippen LogP contribution in [0.15, 0.2) is 46.5 Å². The topological polar surface area (TPSA) is 82.0 Å². The Morgan fingerprint density at radius 2 is 1.83 bits per heavy atom. The summed E-state index contributed by atoms with van der Waals surface area (Å²) in [5, 5.41) is 3.17. The summed E-state index contributed by atoms with van der Waals surface area (Å²) in [5.74, 6) is -2.98. The summed E-state index contributed by atoms with van der Waals surface area (Å²) in [6, 6.07) is 7.34. The quantitative estimate of drug-likeness (QED) is 0.627. The molecule has 0 unspecified atom stereocenters. The molecule has 0 aliphatic carbocycles. The minimum absolute atomic E-state index is 0.0117. The molecule has 0 bridgehead atoms. The average Bonchev–Trinajstić information content (AvgIpc) is 2.74. The van der Waals surface area contributed by atoms with Crippen molar-refractivity contribution in [2.24, 2.45) is 11.1 Å². The van der Waals surface area contributed by atoms with Gasteiger partial charge in [0.2, 0.25) is 0 Å². The van der Waals surface area contributed by atoms with Gasteiger partial charge in [0.15, 0.2) is 21.4 Å². The molecule has 2 aromatic rings. The Kier molecular flexibility index (Phi) is 5.54. The van der Waals surface area contributed by atoms with Crippen molar-refractivity contribution in [1.29, 1.82) is 0 Å². The molecule has 0 aromatic heterocycles. The van der Waals surface area contributed by atoms with Crippen LogP contribution in [0.3, 0.4) is 0 Å². The first kappa shape index (κ1) is 21.1. The van der Waals surface area contributed by atoms with Crippen molar-refractivity contribution >= 4 is 21.4 Å². The van der Waals surface area contributed by atoms with E-state index in [9.17, 15) is 17.7 Å². The maximum absolute atomic E-state index is 15.1. The molecule has 0 radical (unpaired) electrons. The van der Waals surface area contributed by atoms with Crippen molar-refractivity contribution in [2.75, 3.05) is 19.8 Å². The molecule has 0 N–H and O–H groups in total. The summed E-state index contributed by atoms with van der Waals surface area (Å²) >= 11 is 5.91. The maximum atomic E-state index is 15.1. The van der Waals surface area contributed by atoms with Crippen LogP contribution >= 0.6 is 11.6 Å². The lowest BCUT2D eigenvalue weighted by molar-refractivity contribution is -0.0745. The van der Waals surface area contributed by atoms with Crippen LogP contribution in [0.25, 0.3) is 0 Å². The van der Waals surface area contributed by atoms with Gasteiger partial charge in [-0.15, -0.1) is 0 Å². The van der Waals surface area contributed by atoms with Crippen molar-refractivity contribution in [1.82, 2.24) is 0 Å². The number of rotatable bonds is 5. The predicted octanol–water partition coefficient (Wildman–Crippen LogP) is 4.24. The first-order chi connectivity index (χ1) is 14.3. The van der Waals surface area contributed by atoms with Crippen LogP contribution in [-0.2, 0) is 19.3 Å². The molecule has 4 rings (SSSR count). The van der Waals surface area contributed by atoms with Crippen molar-refractivity contribution in [3.63, 3.8) is 0 Å². The molecule has 2 aliphatic rings. The van der Waals surface area contributed by atoms with E-state index in [0.29, 0.717) is 5.02 Å². The third-order valence-corrected chi connectivity index (χ3v) is 8.67. The number of benzene rings is 2. The number of fused-ring (bicyclic) bond motifs is 3. The van der Waals surface area contributed by atoms with Gasteiger partial charge in [-0.05, 0) is 49.2 Å². The Morgan fingerprint density at radius 3 is 2.53 bits per heavy atom. The highest BCUT2D eigenvalue weighted by Gasteiger charge is 2.61. The van der Waals surface area contributed by atoms with E-state index < -0.39 is 44.0 Å². The molecule has 3 atom stereocenters. The molecule has 0 spiro atoms. The number of hydrogen-bond acceptors (Lipinski definition) is 6. The van der Waals surface area contributed by atoms with Gasteiger partial charge >= 0.3 is 0 Å². The Balaban J connectivity index is 1.99. The first-order valence-electron chi connectivity index (χ1n) is 9.35. The highest BCUT2D eigenvalue weighted by atomic mass is 35.5. The molecule has 2 heterocycles. The SMILES string of the molecule is O=NCC[C@@H]1OCC[C@@]2(S(=O)(=O)c3ccc(Cl)cc3)c3c(F)ccc(F)c3OC[C@@H]12. The average molecular weight is 458 g/mol. The fraction of sp³-hybridized carbons (Fsp3) is 0.400. The molecular formula is C20H18ClF2NO5S. The largest absolute Gasteiger partial charge is 0.490 e. The summed E-state index contributed by atoms with van der Waals surface area (Å²) in [6.45, 7) is -0.317. The Hall–Kier alpha value is -2.10. The molecule has 6 nitrogen and oxygen atoms in total. The Labute approximate surface area is 177 Å². The summed E-state index contributed by atoms with van der Waals surface area (Å²) in [5.41, 5.74) is -0.332. The lowest BCUT2D eigenvalue weighted by Gasteiger charge is -2.50. The van der Waals surface area contributed by atoms with Crippen molar-refractivity contribution in [3.8, 4) is 5.75 Å². The number of sulfone groups is 1. The van der Waals surface area contributed by atoms with Crippen LogP contribution in [-0.4, -0.2) is 34.3 Å². The smallest absolute Gasteiger partial charge is 0.189 e. The monoisotopic (exact) mass is 457 g/mol. The number of hydrogen-bond donors (Lipinski definition) is 0. The molecule has 2 aromatic carbocycles. The van der Waals surface area contributed by atoms with Crippen LogP contribution in [0.4, 0.5) is 8.78 Å². The van der Waals surface area contributed by atoms with Crippen LogP contribution in [0.2, 0.25) is 5.02 Å². The molecule has 10 heteroatoms. The highest BCUT2D eigenvalue weighted by Crippen LogP contribution is 2.55. The predicted molar refractivity (Wildman–Crippen MR) is 105 cm³/mol. The second-order valence-corrected chi connectivity index (χ2v) is 9.94. The standard InChI is InChI=1S/C20H18ClF2NO5S/c21-12-1-3-13(4-2-12)30(26,27)20-8-10-28-17(7-9-24-25)14(20)11-29-19-16(23)6-5-15(22)18(19)20/h1-6,14,17H,7-11H2/t14-,17-,20-/m0/s1. The molecule has 0 amide bonds. The zero-order valence-corrected chi connectivity index (χ0v) is 17.3. The van der Waals surface area contributed by atoms with Crippen molar-refractivity contribution < 1.29 is 26.7 Å². The third-order valence-electron chi connectivity index (χ3n) is 5.85. The minimum atomic E-state index is -4.25. The van der Waals surface area contributed by atoms with Crippen LogP contribution in [0, 0.1) is 22.5 Å². The third kappa shape index (κ3) is 3.11. The molecular weight excluding hydrogens is 440 g/mol. The first-order valence-corrected chi connectivity index (χ1v) is 11.2. The zero-order valence-electron chi connectivity index (χ0n) is 15.7. The molecule has 1 saturated heterocycles. The van der Waals surface area contributed by atoms with Crippen molar-refractivity contribution in [3.05, 3.63) is 63.5 Å². The van der Waals surface area contributed by atoms with E-state index in [-0.39, 0.29) is 43.1 Å². The normalized spacial score (nSPS) is 25.7. The molecule has 160 valence electrons. The van der Waals surface area contributed by atoms with E-state index in [1.165, 1.54) is 24.3 Å². The van der Waals surface area contributed by atoms with Gasteiger partial charge in [0.05, 0.1) is 29.7 Å². The minimum Gasteiger partial charge on any atom is -0.490 e. The van der Waals surface area contributed by atoms with Gasteiger partial charge in [-0.3, -0.25) is 0 Å². The number of nitroso groups, excluding NO2 is 1. The summed E-state index contributed by atoms with van der Waals surface area (Å²) in [6.07, 6.45) is -0.680. The summed E-state index contributed by atoms with van der Waals surface area (Å²) in [7, 11) is -4.25. The number of ether oxygens (including phenoxy) is 2. The van der Waals surface area contributed by atoms with Crippen LogP contribution in [0.5, 0.6) is 5.75 Å². The molecule has 30 heavy (non-hydrogen) atoms. The van der Waals surface area contributed by atoms with Gasteiger partial charge in [0.25, 0.3) is 0 Å². The Morgan fingerprint density at radius 1 is 1.13 bits per heavy atom. The van der Waals surface area contributed by atoms with Gasteiger partial charge < -0.3 is 9.47 Å². The Bertz CT molecular complexity index is 1080. The number of nitrogens with zero attached hydrogens (tertiary/aromatic N) is 1. The lowest BCUT2D eigenvalue weighted by atomic mass is 9.75. The zero-order chi connectivity index (χ0) is 21.5. The summed E-state index contributed by atoms with van der Waals surface area (Å²) in [4.78, 5) is 10.6. The van der Waals surface area contributed by atoms with Gasteiger partial charge in [-0.25, -0.2) is 17.2 Å². The van der Waals surface area contributed by atoms with Crippen LogP contribution < -0.4 is 4.74 Å². The van der Waals surface area contributed by atoms with Gasteiger partial charge in [0.1, 0.15) is 10.6 Å². The molecule has 1 fully saturated rings. The van der Waals surface area contributed by atoms with Gasteiger partial charge in [-0.2, -0.15) is 4.91 Å². The second kappa shape index (κ2) is 7.86. The van der Waals surface area contributed by atoms with Gasteiger partial charge in [0, 0.05) is 17.5 Å². The van der Waals surface area contributed by atoms with E-state index >= 15 is 4.39 Å². The maximum Gasteiger partial charge on any atom is 0.189 e. The summed E-state index contributed by atoms with van der Waals surface area (Å²) < 4.78 is 67.0. The lowest BCUT2D eigenvalue weighted by Crippen LogP contribution is -2.57. The highest BCUT2D eigenvalue weighted by molar-refractivity contribution is 7.92. The van der Waals surface area contributed by atoms with E-state index in [0.717, 1.165) is 12.1 Å². The van der Waals surface area contributed by atoms with Crippen LogP contribution in [0.1, 0.15) is 18.4 Å². The number of halogens is 3. The second-order valence-electron chi connectivity index (χ2n) is 7.30. The van der Waals surface area contributed by atoms with E-state index in [1.54, 1.807) is 0 Å². The fourth-order valence-corrected chi connectivity index (χ4v) is 6.98. The van der Waals surface area contributed by atoms with E-state index in [2.05, 4.69) is 5.18 Å². The molecule has 0 saturated carbocycles. The molecule has 2 aliphatic heterocycles. The van der Waals surface area contributed by atoms with Gasteiger partial charge in [-0.1, -0.05) is 16.8 Å². The van der Waals surface area contributed by atoms with E-state index in [4.69, 9.17) is 21.1 Å². The fourth-order valence-electron chi connectivity index (χ4n) is 4.51. The van der Waals surface area contributed by atoms with Crippen molar-refractivity contribution in [2.45, 2.75) is 28.6 Å².